The van der Waals surface area contributed by atoms with Crippen molar-refractivity contribution in [3.05, 3.63) is 16.9 Å². The lowest BCUT2D eigenvalue weighted by atomic mass is 9.80. The lowest BCUT2D eigenvalue weighted by Crippen LogP contribution is -2.35. The van der Waals surface area contributed by atoms with E-state index in [1.165, 1.54) is 0 Å². The molecule has 0 bridgehead atoms. The second kappa shape index (κ2) is 3.28. The molecule has 1 aromatic heterocycles. The predicted molar refractivity (Wildman–Crippen MR) is 51.4 cm³/mol. The number of carbonyl (C=O) groups is 1. The fraction of sp³-hybridized carbons (Fsp3) is 0.556. The van der Waals surface area contributed by atoms with Crippen LogP contribution in [-0.4, -0.2) is 20.9 Å². The first-order chi connectivity index (χ1) is 6.59. The minimum atomic E-state index is -0.745. The molecule has 2 rings (SSSR count). The minimum absolute atomic E-state index is 0.0151. The van der Waals surface area contributed by atoms with Crippen LogP contribution >= 0.6 is 11.6 Å². The average Bonchev–Trinajstić information content (AvgIpc) is 2.27. The Morgan fingerprint density at radius 2 is 2.43 bits per heavy atom. The first kappa shape index (κ1) is 9.52. The van der Waals surface area contributed by atoms with Crippen molar-refractivity contribution in [3.63, 3.8) is 0 Å². The van der Waals surface area contributed by atoms with Crippen LogP contribution in [0.5, 0.6) is 0 Å². The van der Waals surface area contributed by atoms with Gasteiger partial charge in [-0.3, -0.25) is 9.48 Å². The summed E-state index contributed by atoms with van der Waals surface area (Å²) in [5.74, 6) is -1.05. The van der Waals surface area contributed by atoms with Crippen LogP contribution in [0.25, 0.3) is 0 Å². The molecular weight excluding hydrogens is 204 g/mol. The summed E-state index contributed by atoms with van der Waals surface area (Å²) in [7, 11) is 0. The Labute approximate surface area is 86.5 Å². The Kier molecular flexibility index (Phi) is 2.23. The molecule has 1 saturated carbocycles. The Balaban J connectivity index is 2.20. The van der Waals surface area contributed by atoms with Crippen molar-refractivity contribution in [2.24, 2.45) is 5.92 Å². The first-order valence-corrected chi connectivity index (χ1v) is 4.91. The summed E-state index contributed by atoms with van der Waals surface area (Å²) < 4.78 is 1.68. The first-order valence-electron chi connectivity index (χ1n) is 4.53. The number of rotatable bonds is 2. The molecule has 1 aliphatic carbocycles. The number of aromatic nitrogens is 2. The molecule has 0 saturated heterocycles. The number of halogens is 1. The summed E-state index contributed by atoms with van der Waals surface area (Å²) in [5.41, 5.74) is 0.753. The molecule has 0 radical (unpaired) electrons. The van der Waals surface area contributed by atoms with Crippen molar-refractivity contribution in [1.29, 1.82) is 0 Å². The SMILES string of the molecule is Cc1nn(C2CCC2C(=O)O)cc1Cl. The molecule has 4 nitrogen and oxygen atoms in total. The Hall–Kier alpha value is -1.03. The predicted octanol–water partition coefficient (Wildman–Crippen LogP) is 1.88. The maximum Gasteiger partial charge on any atom is 0.308 e. The van der Waals surface area contributed by atoms with E-state index in [0.717, 1.165) is 18.5 Å². The van der Waals surface area contributed by atoms with Gasteiger partial charge < -0.3 is 5.11 Å². The van der Waals surface area contributed by atoms with E-state index in [0.29, 0.717) is 5.02 Å². The highest BCUT2D eigenvalue weighted by Crippen LogP contribution is 2.38. The van der Waals surface area contributed by atoms with Crippen LogP contribution in [0.1, 0.15) is 24.6 Å². The zero-order valence-corrected chi connectivity index (χ0v) is 8.53. The molecule has 1 aliphatic rings. The zero-order valence-electron chi connectivity index (χ0n) is 7.77. The van der Waals surface area contributed by atoms with Crippen molar-refractivity contribution in [3.8, 4) is 0 Å². The number of aryl methyl sites for hydroxylation is 1. The quantitative estimate of drug-likeness (QED) is 0.818. The van der Waals surface area contributed by atoms with Gasteiger partial charge in [0.2, 0.25) is 0 Å². The van der Waals surface area contributed by atoms with Crippen LogP contribution in [0, 0.1) is 12.8 Å². The number of carboxylic acid groups (broad SMARTS) is 1. The maximum atomic E-state index is 10.8. The highest BCUT2D eigenvalue weighted by Gasteiger charge is 2.38. The van der Waals surface area contributed by atoms with Gasteiger partial charge in [0.1, 0.15) is 0 Å². The minimum Gasteiger partial charge on any atom is -0.481 e. The summed E-state index contributed by atoms with van der Waals surface area (Å²) in [6.45, 7) is 1.81. The van der Waals surface area contributed by atoms with Gasteiger partial charge in [-0.15, -0.1) is 0 Å². The average molecular weight is 215 g/mol. The zero-order chi connectivity index (χ0) is 10.3. The number of hydrogen-bond acceptors (Lipinski definition) is 2. The van der Waals surface area contributed by atoms with Crippen LogP contribution in [-0.2, 0) is 4.79 Å². The fourth-order valence-electron chi connectivity index (χ4n) is 1.72. The molecule has 2 unspecified atom stereocenters. The lowest BCUT2D eigenvalue weighted by Gasteiger charge is -2.33. The van der Waals surface area contributed by atoms with E-state index in [9.17, 15) is 4.79 Å². The number of nitrogens with zero attached hydrogens (tertiary/aromatic N) is 2. The third-order valence-electron chi connectivity index (χ3n) is 2.75. The van der Waals surface area contributed by atoms with E-state index in [4.69, 9.17) is 16.7 Å². The molecule has 1 heterocycles. The molecule has 0 spiro atoms. The van der Waals surface area contributed by atoms with E-state index in [1.807, 2.05) is 6.92 Å². The van der Waals surface area contributed by atoms with Gasteiger partial charge in [0.25, 0.3) is 0 Å². The van der Waals surface area contributed by atoms with Gasteiger partial charge in [0, 0.05) is 6.20 Å². The van der Waals surface area contributed by atoms with Crippen LogP contribution < -0.4 is 0 Å². The monoisotopic (exact) mass is 214 g/mol. The van der Waals surface area contributed by atoms with Crippen LogP contribution in [0.2, 0.25) is 5.02 Å². The molecule has 0 aliphatic heterocycles. The largest absolute Gasteiger partial charge is 0.481 e. The van der Waals surface area contributed by atoms with E-state index in [-0.39, 0.29) is 12.0 Å². The van der Waals surface area contributed by atoms with E-state index in [2.05, 4.69) is 5.10 Å². The van der Waals surface area contributed by atoms with E-state index >= 15 is 0 Å². The molecule has 0 amide bonds. The van der Waals surface area contributed by atoms with Crippen molar-refractivity contribution in [2.45, 2.75) is 25.8 Å². The van der Waals surface area contributed by atoms with E-state index < -0.39 is 5.97 Å². The summed E-state index contributed by atoms with van der Waals surface area (Å²) in [5, 5.41) is 13.7. The summed E-state index contributed by atoms with van der Waals surface area (Å²) in [6.07, 6.45) is 3.31. The fourth-order valence-corrected chi connectivity index (χ4v) is 1.85. The van der Waals surface area contributed by atoms with Crippen molar-refractivity contribution < 1.29 is 9.90 Å². The second-order valence-corrected chi connectivity index (χ2v) is 4.04. The van der Waals surface area contributed by atoms with Gasteiger partial charge >= 0.3 is 5.97 Å². The maximum absolute atomic E-state index is 10.8. The van der Waals surface area contributed by atoms with E-state index in [1.54, 1.807) is 10.9 Å². The van der Waals surface area contributed by atoms with Crippen molar-refractivity contribution >= 4 is 17.6 Å². The number of carboxylic acids is 1. The molecule has 2 atom stereocenters. The van der Waals surface area contributed by atoms with Gasteiger partial charge in [0.05, 0.1) is 22.7 Å². The molecule has 14 heavy (non-hydrogen) atoms. The van der Waals surface area contributed by atoms with Crippen LogP contribution in [0.3, 0.4) is 0 Å². The van der Waals surface area contributed by atoms with Crippen molar-refractivity contribution in [2.75, 3.05) is 0 Å². The van der Waals surface area contributed by atoms with Gasteiger partial charge in [0.15, 0.2) is 0 Å². The smallest absolute Gasteiger partial charge is 0.308 e. The highest BCUT2D eigenvalue weighted by molar-refractivity contribution is 6.31. The lowest BCUT2D eigenvalue weighted by molar-refractivity contribution is -0.147. The van der Waals surface area contributed by atoms with Crippen molar-refractivity contribution in [1.82, 2.24) is 9.78 Å². The normalized spacial score (nSPS) is 25.9. The molecule has 5 heteroatoms. The van der Waals surface area contributed by atoms with Gasteiger partial charge in [-0.25, -0.2) is 0 Å². The van der Waals surface area contributed by atoms with Crippen LogP contribution in [0.4, 0.5) is 0 Å². The molecule has 0 aromatic carbocycles. The second-order valence-electron chi connectivity index (χ2n) is 3.63. The summed E-state index contributed by atoms with van der Waals surface area (Å²) >= 11 is 5.85. The molecule has 1 fully saturated rings. The highest BCUT2D eigenvalue weighted by atomic mass is 35.5. The topological polar surface area (TPSA) is 55.1 Å². The van der Waals surface area contributed by atoms with Crippen LogP contribution in [0.15, 0.2) is 6.20 Å². The third kappa shape index (κ3) is 1.39. The van der Waals surface area contributed by atoms with Gasteiger partial charge in [-0.1, -0.05) is 11.6 Å². The summed E-state index contributed by atoms with van der Waals surface area (Å²) in [4.78, 5) is 10.8. The number of hydrogen-bond donors (Lipinski definition) is 1. The standard InChI is InChI=1S/C9H11ClN2O2/c1-5-7(10)4-12(11-5)8-3-2-6(8)9(13)14/h4,6,8H,2-3H2,1H3,(H,13,14). The van der Waals surface area contributed by atoms with Gasteiger partial charge in [-0.2, -0.15) is 5.10 Å². The number of aliphatic carboxylic acids is 1. The Morgan fingerprint density at radius 3 is 2.79 bits per heavy atom. The molecular formula is C9H11ClN2O2. The Bertz CT molecular complexity index is 355. The van der Waals surface area contributed by atoms with Gasteiger partial charge in [-0.05, 0) is 19.8 Å². The molecule has 1 aromatic rings. The summed E-state index contributed by atoms with van der Waals surface area (Å²) in [6, 6.07) is -0.0151. The Morgan fingerprint density at radius 1 is 1.71 bits per heavy atom. The third-order valence-corrected chi connectivity index (χ3v) is 3.12. The molecule has 76 valence electrons. The molecule has 1 N–H and O–H groups in total.